The third-order valence-electron chi connectivity index (χ3n) is 7.80. The number of nitrogens with zero attached hydrogens (tertiary/aromatic N) is 5. The molecule has 2 heterocycles. The Hall–Kier alpha value is -4.99. The van der Waals surface area contributed by atoms with Gasteiger partial charge in [-0.05, 0) is 54.8 Å². The van der Waals surface area contributed by atoms with Gasteiger partial charge < -0.3 is 15.2 Å². The molecule has 42 heavy (non-hydrogen) atoms. The molecular weight excluding hydrogens is 532 g/mol. The third-order valence-corrected chi connectivity index (χ3v) is 7.80. The zero-order valence-corrected chi connectivity index (χ0v) is 23.3. The first-order valence-corrected chi connectivity index (χ1v) is 14.1. The molecule has 0 radical (unpaired) electrons. The van der Waals surface area contributed by atoms with Crippen LogP contribution in [0.25, 0.3) is 21.9 Å². The number of phenolic OH excluding ortho intramolecular Hbond substituents is 1. The molecule has 10 nitrogen and oxygen atoms in total. The maximum atomic E-state index is 14.4. The van der Waals surface area contributed by atoms with Gasteiger partial charge in [0, 0.05) is 11.4 Å². The first-order chi connectivity index (χ1) is 20.5. The Balaban J connectivity index is 1.47. The maximum Gasteiger partial charge on any atom is 0.249 e. The van der Waals surface area contributed by atoms with Crippen molar-refractivity contribution in [2.24, 2.45) is 0 Å². The number of rotatable bonds is 8. The number of phenols is 1. The van der Waals surface area contributed by atoms with Crippen molar-refractivity contribution in [3.05, 3.63) is 84.6 Å². The number of ether oxygens (including phenoxy) is 1. The van der Waals surface area contributed by atoms with Gasteiger partial charge in [-0.1, -0.05) is 60.9 Å². The van der Waals surface area contributed by atoms with E-state index in [1.165, 1.54) is 22.8 Å². The molecule has 1 aliphatic rings. The highest BCUT2D eigenvalue weighted by Gasteiger charge is 2.35. The minimum absolute atomic E-state index is 0.00605. The first kappa shape index (κ1) is 27.2. The number of hydrogen-bond donors (Lipinski definition) is 2. The molecule has 0 bridgehead atoms. The minimum atomic E-state index is -1.10. The third kappa shape index (κ3) is 5.47. The van der Waals surface area contributed by atoms with Crippen molar-refractivity contribution in [3.8, 4) is 11.5 Å². The number of methoxy groups -OCH3 is 1. The molecule has 2 N–H and O–H groups in total. The van der Waals surface area contributed by atoms with Gasteiger partial charge in [0.05, 0.1) is 30.0 Å². The van der Waals surface area contributed by atoms with Crippen LogP contribution in [0, 0.1) is 0 Å². The number of carbonyl (C=O) groups is 2. The first-order valence-electron chi connectivity index (χ1n) is 14.1. The molecule has 1 aliphatic carbocycles. The summed E-state index contributed by atoms with van der Waals surface area (Å²) in [4.78, 5) is 34.6. The lowest BCUT2D eigenvalue weighted by Crippen LogP contribution is -2.48. The van der Waals surface area contributed by atoms with Crippen LogP contribution in [0.4, 0.5) is 5.69 Å². The summed E-state index contributed by atoms with van der Waals surface area (Å²) in [6, 6.07) is 20.5. The molecule has 214 valence electrons. The number of pyridine rings is 1. The fraction of sp³-hybridized carbons (Fsp3) is 0.281. The van der Waals surface area contributed by atoms with E-state index in [-0.39, 0.29) is 35.9 Å². The second-order valence-electron chi connectivity index (χ2n) is 10.6. The molecule has 10 heteroatoms. The molecule has 2 amide bonds. The van der Waals surface area contributed by atoms with Crippen molar-refractivity contribution < 1.29 is 19.4 Å². The van der Waals surface area contributed by atoms with E-state index in [4.69, 9.17) is 4.74 Å². The van der Waals surface area contributed by atoms with Crippen molar-refractivity contribution in [2.75, 3.05) is 12.0 Å². The number of para-hydroxylation sites is 2. The lowest BCUT2D eigenvalue weighted by molar-refractivity contribution is -0.127. The number of fused-ring (bicyclic) bond motifs is 2. The fourth-order valence-corrected chi connectivity index (χ4v) is 5.69. The largest absolute Gasteiger partial charge is 0.504 e. The lowest BCUT2D eigenvalue weighted by atomic mass is 9.94. The Morgan fingerprint density at radius 2 is 1.79 bits per heavy atom. The number of amides is 2. The SMILES string of the molecule is COc1ccc(C(C(=O)NC2CCCCC2)N(C(=O)Cn2nnc3ccccc32)c2cnc3ccccc3c2)cc1O. The van der Waals surface area contributed by atoms with E-state index in [0.29, 0.717) is 22.3 Å². The summed E-state index contributed by atoms with van der Waals surface area (Å²) >= 11 is 0. The summed E-state index contributed by atoms with van der Waals surface area (Å²) < 4.78 is 6.78. The van der Waals surface area contributed by atoms with Gasteiger partial charge in [0.25, 0.3) is 0 Å². The Labute approximate surface area is 242 Å². The van der Waals surface area contributed by atoms with Crippen LogP contribution in [0.1, 0.15) is 43.7 Å². The summed E-state index contributed by atoms with van der Waals surface area (Å²) in [5, 5.41) is 23.1. The second kappa shape index (κ2) is 11.9. The zero-order chi connectivity index (χ0) is 29.1. The number of nitrogens with one attached hydrogen (secondary N) is 1. The highest BCUT2D eigenvalue weighted by Crippen LogP contribution is 2.35. The molecule has 0 spiro atoms. The lowest BCUT2D eigenvalue weighted by Gasteiger charge is -2.33. The van der Waals surface area contributed by atoms with Gasteiger partial charge in [-0.2, -0.15) is 0 Å². The van der Waals surface area contributed by atoms with E-state index >= 15 is 0 Å². The molecule has 1 atom stereocenters. The van der Waals surface area contributed by atoms with Crippen molar-refractivity contribution in [2.45, 2.75) is 50.7 Å². The van der Waals surface area contributed by atoms with Gasteiger partial charge in [0.1, 0.15) is 18.1 Å². The highest BCUT2D eigenvalue weighted by atomic mass is 16.5. The number of hydrogen-bond acceptors (Lipinski definition) is 7. The monoisotopic (exact) mass is 564 g/mol. The summed E-state index contributed by atoms with van der Waals surface area (Å²) in [7, 11) is 1.46. The van der Waals surface area contributed by atoms with E-state index < -0.39 is 6.04 Å². The second-order valence-corrected chi connectivity index (χ2v) is 10.6. The van der Waals surface area contributed by atoms with E-state index in [2.05, 4.69) is 20.6 Å². The number of benzene rings is 3. The minimum Gasteiger partial charge on any atom is -0.504 e. The van der Waals surface area contributed by atoms with Crippen LogP contribution in [-0.2, 0) is 16.1 Å². The number of aromatic nitrogens is 4. The highest BCUT2D eigenvalue weighted by molar-refractivity contribution is 6.02. The van der Waals surface area contributed by atoms with E-state index in [0.717, 1.165) is 43.0 Å². The van der Waals surface area contributed by atoms with Gasteiger partial charge >= 0.3 is 0 Å². The topological polar surface area (TPSA) is 122 Å². The molecule has 0 saturated heterocycles. The summed E-state index contributed by atoms with van der Waals surface area (Å²) in [6.07, 6.45) is 6.57. The molecule has 1 saturated carbocycles. The van der Waals surface area contributed by atoms with Gasteiger partial charge in [-0.3, -0.25) is 19.5 Å². The smallest absolute Gasteiger partial charge is 0.249 e. The Bertz CT molecular complexity index is 1750. The standard InChI is InChI=1S/C32H32N6O4/c1-42-29-16-15-22(18-28(29)39)31(32(41)34-23-10-3-2-4-11-23)38(24-17-21-9-5-6-12-25(21)33-19-24)30(40)20-37-27-14-8-7-13-26(27)35-36-37/h5-9,12-19,23,31,39H,2-4,10-11,20H2,1H3,(H,34,41). The molecule has 6 rings (SSSR count). The Morgan fingerprint density at radius 3 is 2.57 bits per heavy atom. The summed E-state index contributed by atoms with van der Waals surface area (Å²) in [5.41, 5.74) is 3.01. The molecule has 0 aliphatic heterocycles. The molecule has 3 aromatic carbocycles. The molecule has 1 unspecified atom stereocenters. The molecule has 5 aromatic rings. The average Bonchev–Trinajstić information content (AvgIpc) is 3.42. The number of carbonyl (C=O) groups excluding carboxylic acids is 2. The van der Waals surface area contributed by atoms with Crippen molar-refractivity contribution >= 4 is 39.4 Å². The van der Waals surface area contributed by atoms with Crippen molar-refractivity contribution in [1.29, 1.82) is 0 Å². The van der Waals surface area contributed by atoms with Crippen LogP contribution >= 0.6 is 0 Å². The fourth-order valence-electron chi connectivity index (χ4n) is 5.69. The van der Waals surface area contributed by atoms with Crippen LogP contribution in [0.15, 0.2) is 79.0 Å². The van der Waals surface area contributed by atoms with Gasteiger partial charge in [0.15, 0.2) is 11.5 Å². The molecule has 2 aromatic heterocycles. The predicted octanol–water partition coefficient (Wildman–Crippen LogP) is 4.92. The van der Waals surface area contributed by atoms with Crippen LogP contribution in [-0.4, -0.2) is 50.1 Å². The van der Waals surface area contributed by atoms with Crippen LogP contribution in [0.5, 0.6) is 11.5 Å². The normalized spacial score (nSPS) is 14.5. The zero-order valence-electron chi connectivity index (χ0n) is 23.3. The van der Waals surface area contributed by atoms with E-state index in [1.807, 2.05) is 54.6 Å². The van der Waals surface area contributed by atoms with E-state index in [1.54, 1.807) is 18.3 Å². The molecular formula is C32H32N6O4. The number of anilines is 1. The maximum absolute atomic E-state index is 14.4. The number of aromatic hydroxyl groups is 1. The average molecular weight is 565 g/mol. The summed E-state index contributed by atoms with van der Waals surface area (Å²) in [6.45, 7) is -0.164. The summed E-state index contributed by atoms with van der Waals surface area (Å²) in [5.74, 6) is -0.584. The van der Waals surface area contributed by atoms with Crippen LogP contribution < -0.4 is 15.0 Å². The molecule has 1 fully saturated rings. The van der Waals surface area contributed by atoms with Gasteiger partial charge in [-0.15, -0.1) is 5.10 Å². The van der Waals surface area contributed by atoms with Crippen molar-refractivity contribution in [3.63, 3.8) is 0 Å². The Kier molecular flexibility index (Phi) is 7.68. The quantitative estimate of drug-likeness (QED) is 0.274. The predicted molar refractivity (Wildman–Crippen MR) is 159 cm³/mol. The Morgan fingerprint density at radius 1 is 1.02 bits per heavy atom. The van der Waals surface area contributed by atoms with E-state index in [9.17, 15) is 14.7 Å². The van der Waals surface area contributed by atoms with Gasteiger partial charge in [-0.25, -0.2) is 4.68 Å². The van der Waals surface area contributed by atoms with Crippen LogP contribution in [0.3, 0.4) is 0 Å². The van der Waals surface area contributed by atoms with Gasteiger partial charge in [0.2, 0.25) is 11.8 Å². The van der Waals surface area contributed by atoms with Crippen LogP contribution in [0.2, 0.25) is 0 Å². The van der Waals surface area contributed by atoms with Crippen molar-refractivity contribution in [1.82, 2.24) is 25.3 Å².